The molecule has 25 heavy (non-hydrogen) atoms. The summed E-state index contributed by atoms with van der Waals surface area (Å²) in [7, 11) is 0. The molecule has 0 atom stereocenters. The molecule has 0 aliphatic carbocycles. The van der Waals surface area contributed by atoms with Gasteiger partial charge in [0.15, 0.2) is 16.6 Å². The number of hydrogen-bond acceptors (Lipinski definition) is 5. The number of aromatic carboxylic acids is 1. The van der Waals surface area contributed by atoms with Gasteiger partial charge in [0, 0.05) is 5.69 Å². The molecule has 0 aromatic heterocycles. The first-order valence-corrected chi connectivity index (χ1v) is 7.79. The second-order valence-electron chi connectivity index (χ2n) is 4.87. The van der Waals surface area contributed by atoms with E-state index < -0.39 is 5.97 Å². The number of hydrogen-bond donors (Lipinski definition) is 4. The largest absolute Gasteiger partial charge is 0.504 e. The van der Waals surface area contributed by atoms with Crippen LogP contribution in [0.3, 0.4) is 0 Å². The highest BCUT2D eigenvalue weighted by Crippen LogP contribution is 2.26. The quantitative estimate of drug-likeness (QED) is 0.357. The number of thiocarbonyl (C=S) groups is 1. The smallest absolute Gasteiger partial charge is 0.335 e. The fourth-order valence-electron chi connectivity index (χ4n) is 1.95. The van der Waals surface area contributed by atoms with Crippen molar-refractivity contribution in [2.45, 2.75) is 6.92 Å². The Kier molecular flexibility index (Phi) is 6.30. The number of carboxylic acids is 1. The lowest BCUT2D eigenvalue weighted by Crippen LogP contribution is -2.24. The Bertz CT molecular complexity index is 808. The molecule has 0 saturated carbocycles. The van der Waals surface area contributed by atoms with Gasteiger partial charge < -0.3 is 20.3 Å². The van der Waals surface area contributed by atoms with E-state index in [-0.39, 0.29) is 16.4 Å². The molecule has 0 bridgehead atoms. The summed E-state index contributed by atoms with van der Waals surface area (Å²) in [5.74, 6) is -0.587. The molecular weight excluding hydrogens is 342 g/mol. The minimum Gasteiger partial charge on any atom is -0.504 e. The van der Waals surface area contributed by atoms with Gasteiger partial charge in [-0.2, -0.15) is 5.10 Å². The highest BCUT2D eigenvalue weighted by molar-refractivity contribution is 7.80. The normalized spacial score (nSPS) is 10.4. The molecule has 8 heteroatoms. The predicted molar refractivity (Wildman–Crippen MR) is 99.6 cm³/mol. The molecule has 2 aromatic carbocycles. The predicted octanol–water partition coefficient (Wildman–Crippen LogP) is 2.81. The fraction of sp³-hybridized carbons (Fsp3) is 0.118. The van der Waals surface area contributed by atoms with Crippen molar-refractivity contribution in [3.05, 3.63) is 53.6 Å². The number of carbonyl (C=O) groups is 1. The molecule has 0 saturated heterocycles. The zero-order valence-corrected chi connectivity index (χ0v) is 14.2. The third-order valence-electron chi connectivity index (χ3n) is 3.03. The molecule has 0 unspecified atom stereocenters. The van der Waals surface area contributed by atoms with Gasteiger partial charge in [-0.3, -0.25) is 5.43 Å². The minimum atomic E-state index is -1.02. The number of hydrazone groups is 1. The van der Waals surface area contributed by atoms with Gasteiger partial charge in [-0.25, -0.2) is 4.79 Å². The highest BCUT2D eigenvalue weighted by atomic mass is 32.1. The molecule has 0 spiro atoms. The SMILES string of the molecule is CCOc1ccc(/C=N\NC(=S)Nc2cccc(C(=O)O)c2)cc1O. The third kappa shape index (κ3) is 5.47. The molecule has 7 nitrogen and oxygen atoms in total. The van der Waals surface area contributed by atoms with Crippen molar-refractivity contribution in [1.82, 2.24) is 5.43 Å². The first-order chi connectivity index (χ1) is 12.0. The maximum atomic E-state index is 10.9. The Labute approximate surface area is 150 Å². The van der Waals surface area contributed by atoms with E-state index in [1.165, 1.54) is 24.4 Å². The third-order valence-corrected chi connectivity index (χ3v) is 3.22. The standard InChI is InChI=1S/C17H17N3O4S/c1-2-24-15-7-6-11(8-14(15)21)10-18-20-17(25)19-13-5-3-4-12(9-13)16(22)23/h3-10,21H,2H2,1H3,(H,22,23)(H2,19,20,25)/b18-10-. The Morgan fingerprint density at radius 1 is 1.32 bits per heavy atom. The molecule has 0 radical (unpaired) electrons. The highest BCUT2D eigenvalue weighted by Gasteiger charge is 2.04. The fourth-order valence-corrected chi connectivity index (χ4v) is 2.12. The first-order valence-electron chi connectivity index (χ1n) is 7.39. The second-order valence-corrected chi connectivity index (χ2v) is 5.28. The van der Waals surface area contributed by atoms with Gasteiger partial charge in [-0.15, -0.1) is 0 Å². The van der Waals surface area contributed by atoms with Crippen molar-refractivity contribution in [2.75, 3.05) is 11.9 Å². The van der Waals surface area contributed by atoms with E-state index in [0.717, 1.165) is 0 Å². The molecular formula is C17H17N3O4S. The van der Waals surface area contributed by atoms with Crippen LogP contribution >= 0.6 is 12.2 Å². The first kappa shape index (κ1) is 18.2. The molecule has 0 amide bonds. The maximum absolute atomic E-state index is 10.9. The van der Waals surface area contributed by atoms with Gasteiger partial charge in [0.1, 0.15) is 0 Å². The number of carboxylic acid groups (broad SMARTS) is 1. The van der Waals surface area contributed by atoms with Crippen LogP contribution in [-0.4, -0.2) is 34.1 Å². The molecule has 0 fully saturated rings. The van der Waals surface area contributed by atoms with Gasteiger partial charge >= 0.3 is 5.97 Å². The summed E-state index contributed by atoms with van der Waals surface area (Å²) in [4.78, 5) is 10.9. The lowest BCUT2D eigenvalue weighted by molar-refractivity contribution is 0.0697. The number of anilines is 1. The van der Waals surface area contributed by atoms with Crippen LogP contribution in [-0.2, 0) is 0 Å². The summed E-state index contributed by atoms with van der Waals surface area (Å²) >= 11 is 5.09. The number of ether oxygens (including phenoxy) is 1. The maximum Gasteiger partial charge on any atom is 0.335 e. The van der Waals surface area contributed by atoms with Crippen LogP contribution in [0, 0.1) is 0 Å². The number of nitrogens with one attached hydrogen (secondary N) is 2. The van der Waals surface area contributed by atoms with Gasteiger partial charge in [0.25, 0.3) is 0 Å². The van der Waals surface area contributed by atoms with Gasteiger partial charge in [-0.1, -0.05) is 6.07 Å². The zero-order chi connectivity index (χ0) is 18.2. The van der Waals surface area contributed by atoms with E-state index in [4.69, 9.17) is 22.1 Å². The summed E-state index contributed by atoms with van der Waals surface area (Å²) in [6.45, 7) is 2.30. The molecule has 2 rings (SSSR count). The lowest BCUT2D eigenvalue weighted by atomic mass is 10.2. The summed E-state index contributed by atoms with van der Waals surface area (Å²) < 4.78 is 5.24. The van der Waals surface area contributed by atoms with Crippen LogP contribution in [0.15, 0.2) is 47.6 Å². The summed E-state index contributed by atoms with van der Waals surface area (Å²) in [6.07, 6.45) is 1.48. The minimum absolute atomic E-state index is 0.0250. The molecule has 0 heterocycles. The molecule has 4 N–H and O–H groups in total. The lowest BCUT2D eigenvalue weighted by Gasteiger charge is -2.08. The summed E-state index contributed by atoms with van der Waals surface area (Å²) in [5.41, 5.74) is 3.96. The molecule has 130 valence electrons. The number of nitrogens with zero attached hydrogens (tertiary/aromatic N) is 1. The van der Waals surface area contributed by atoms with Crippen LogP contribution in [0.2, 0.25) is 0 Å². The number of aromatic hydroxyl groups is 1. The van der Waals surface area contributed by atoms with Crippen molar-refractivity contribution in [3.63, 3.8) is 0 Å². The zero-order valence-electron chi connectivity index (χ0n) is 13.4. The van der Waals surface area contributed by atoms with Gasteiger partial charge in [0.05, 0.1) is 18.4 Å². The summed E-state index contributed by atoms with van der Waals surface area (Å²) in [5, 5.41) is 25.8. The van der Waals surface area contributed by atoms with Crippen LogP contribution in [0.4, 0.5) is 5.69 Å². The van der Waals surface area contributed by atoms with Crippen LogP contribution in [0.1, 0.15) is 22.8 Å². The van der Waals surface area contributed by atoms with E-state index >= 15 is 0 Å². The van der Waals surface area contributed by atoms with E-state index in [1.807, 2.05) is 6.92 Å². The van der Waals surface area contributed by atoms with E-state index in [9.17, 15) is 9.90 Å². The van der Waals surface area contributed by atoms with Crippen LogP contribution in [0.5, 0.6) is 11.5 Å². The number of phenolic OH excluding ortho intramolecular Hbond substituents is 1. The number of benzene rings is 2. The number of rotatable bonds is 6. The van der Waals surface area contributed by atoms with E-state index in [1.54, 1.807) is 24.3 Å². The molecule has 0 aliphatic rings. The topological polar surface area (TPSA) is 103 Å². The Balaban J connectivity index is 1.93. The number of phenols is 1. The van der Waals surface area contributed by atoms with Crippen molar-refractivity contribution >= 4 is 35.2 Å². The average Bonchev–Trinajstić information content (AvgIpc) is 2.57. The Morgan fingerprint density at radius 3 is 2.80 bits per heavy atom. The van der Waals surface area contributed by atoms with E-state index in [0.29, 0.717) is 23.6 Å². The van der Waals surface area contributed by atoms with Crippen LogP contribution in [0.25, 0.3) is 0 Å². The Hall–Kier alpha value is -3.13. The van der Waals surface area contributed by atoms with E-state index in [2.05, 4.69) is 15.8 Å². The van der Waals surface area contributed by atoms with Crippen molar-refractivity contribution in [3.8, 4) is 11.5 Å². The van der Waals surface area contributed by atoms with Gasteiger partial charge in [0.2, 0.25) is 0 Å². The second kappa shape index (κ2) is 8.65. The van der Waals surface area contributed by atoms with Crippen molar-refractivity contribution in [1.29, 1.82) is 0 Å². The molecule has 2 aromatic rings. The molecule has 0 aliphatic heterocycles. The van der Waals surface area contributed by atoms with Gasteiger partial charge in [-0.05, 0) is 61.1 Å². The van der Waals surface area contributed by atoms with Crippen molar-refractivity contribution < 1.29 is 19.7 Å². The average molecular weight is 359 g/mol. The van der Waals surface area contributed by atoms with Crippen molar-refractivity contribution in [2.24, 2.45) is 5.10 Å². The monoisotopic (exact) mass is 359 g/mol. The van der Waals surface area contributed by atoms with Crippen LogP contribution < -0.4 is 15.5 Å². The Morgan fingerprint density at radius 2 is 2.12 bits per heavy atom. The summed E-state index contributed by atoms with van der Waals surface area (Å²) in [6, 6.07) is 11.2.